The number of hydrogen-bond donors (Lipinski definition) is 1. The molecule has 0 aromatic heterocycles. The molecule has 1 spiro atoms. The van der Waals surface area contributed by atoms with Gasteiger partial charge in [-0.25, -0.2) is 4.79 Å². The molecule has 0 aromatic rings. The van der Waals surface area contributed by atoms with Crippen LogP contribution in [-0.4, -0.2) is 41.3 Å². The molecule has 0 saturated carbocycles. The van der Waals surface area contributed by atoms with Gasteiger partial charge in [0.1, 0.15) is 5.60 Å². The van der Waals surface area contributed by atoms with Crippen molar-refractivity contribution in [3.63, 3.8) is 0 Å². The Morgan fingerprint density at radius 3 is 2.65 bits per heavy atom. The zero-order valence-corrected chi connectivity index (χ0v) is 11.4. The van der Waals surface area contributed by atoms with Crippen LogP contribution in [0, 0.1) is 0 Å². The molecule has 2 aliphatic rings. The molecule has 1 amide bonds. The number of rotatable bonds is 0. The predicted molar refractivity (Wildman–Crippen MR) is 67.0 cm³/mol. The summed E-state index contributed by atoms with van der Waals surface area (Å²) < 4.78 is 5.41. The molecule has 17 heavy (non-hydrogen) atoms. The van der Waals surface area contributed by atoms with Crippen LogP contribution in [0.25, 0.3) is 0 Å². The molecule has 2 heterocycles. The first-order valence-electron chi connectivity index (χ1n) is 6.55. The maximum absolute atomic E-state index is 12.0. The lowest BCUT2D eigenvalue weighted by Crippen LogP contribution is -2.46. The van der Waals surface area contributed by atoms with Gasteiger partial charge in [-0.1, -0.05) is 0 Å². The van der Waals surface area contributed by atoms with Gasteiger partial charge < -0.3 is 15.0 Å². The van der Waals surface area contributed by atoms with E-state index in [1.807, 2.05) is 25.7 Å². The van der Waals surface area contributed by atoms with E-state index in [1.165, 1.54) is 12.8 Å². The molecule has 2 unspecified atom stereocenters. The van der Waals surface area contributed by atoms with Crippen LogP contribution in [0.4, 0.5) is 4.79 Å². The normalized spacial score (nSPS) is 33.4. The van der Waals surface area contributed by atoms with Gasteiger partial charge in [0.15, 0.2) is 0 Å². The van der Waals surface area contributed by atoms with Crippen molar-refractivity contribution in [1.82, 2.24) is 10.2 Å². The molecular formula is C13H24N2O2. The number of likely N-dealkylation sites (tertiary alicyclic amines) is 1. The molecule has 0 radical (unpaired) electrons. The number of nitrogens with zero attached hydrogens (tertiary/aromatic N) is 1. The quantitative estimate of drug-likeness (QED) is 0.705. The highest BCUT2D eigenvalue weighted by Crippen LogP contribution is 2.33. The van der Waals surface area contributed by atoms with Crippen molar-refractivity contribution in [3.05, 3.63) is 0 Å². The third kappa shape index (κ3) is 2.92. The third-order valence-electron chi connectivity index (χ3n) is 3.61. The molecule has 2 atom stereocenters. The summed E-state index contributed by atoms with van der Waals surface area (Å²) in [6, 6.07) is 0.577. The summed E-state index contributed by atoms with van der Waals surface area (Å²) in [5.74, 6) is 0. The Bertz CT molecular complexity index is 311. The Balaban J connectivity index is 1.92. The van der Waals surface area contributed by atoms with Crippen LogP contribution in [0.3, 0.4) is 0 Å². The van der Waals surface area contributed by atoms with Crippen LogP contribution in [0.2, 0.25) is 0 Å². The van der Waals surface area contributed by atoms with E-state index in [1.54, 1.807) is 0 Å². The van der Waals surface area contributed by atoms with E-state index in [0.717, 1.165) is 19.5 Å². The van der Waals surface area contributed by atoms with Gasteiger partial charge in [0.25, 0.3) is 0 Å². The lowest BCUT2D eigenvalue weighted by Gasteiger charge is -2.27. The predicted octanol–water partition coefficient (Wildman–Crippen LogP) is 2.14. The highest BCUT2D eigenvalue weighted by atomic mass is 16.6. The van der Waals surface area contributed by atoms with Gasteiger partial charge >= 0.3 is 6.09 Å². The fourth-order valence-corrected chi connectivity index (χ4v) is 2.84. The van der Waals surface area contributed by atoms with Gasteiger partial charge in [0, 0.05) is 24.7 Å². The molecule has 2 aliphatic heterocycles. The monoisotopic (exact) mass is 240 g/mol. The second kappa shape index (κ2) is 4.16. The third-order valence-corrected chi connectivity index (χ3v) is 3.61. The second-order valence-corrected chi connectivity index (χ2v) is 6.52. The summed E-state index contributed by atoms with van der Waals surface area (Å²) in [5.41, 5.74) is -0.237. The maximum atomic E-state index is 12.0. The molecule has 2 saturated heterocycles. The summed E-state index contributed by atoms with van der Waals surface area (Å²) in [6.07, 6.45) is 3.27. The van der Waals surface area contributed by atoms with Crippen molar-refractivity contribution in [3.8, 4) is 0 Å². The van der Waals surface area contributed by atoms with E-state index in [0.29, 0.717) is 6.04 Å². The van der Waals surface area contributed by atoms with Crippen molar-refractivity contribution in [2.45, 2.75) is 64.1 Å². The summed E-state index contributed by atoms with van der Waals surface area (Å²) in [7, 11) is 0. The minimum Gasteiger partial charge on any atom is -0.444 e. The average molecular weight is 240 g/mol. The summed E-state index contributed by atoms with van der Waals surface area (Å²) >= 11 is 0. The maximum Gasteiger partial charge on any atom is 0.410 e. The van der Waals surface area contributed by atoms with Crippen LogP contribution in [0.15, 0.2) is 0 Å². The van der Waals surface area contributed by atoms with Crippen molar-refractivity contribution >= 4 is 6.09 Å². The van der Waals surface area contributed by atoms with Crippen molar-refractivity contribution in [2.24, 2.45) is 0 Å². The molecule has 4 heteroatoms. The molecular weight excluding hydrogens is 216 g/mol. The van der Waals surface area contributed by atoms with Gasteiger partial charge in [-0.3, -0.25) is 0 Å². The Labute approximate surface area is 104 Å². The highest BCUT2D eigenvalue weighted by molar-refractivity contribution is 5.68. The minimum absolute atomic E-state index is 0.163. The smallest absolute Gasteiger partial charge is 0.410 e. The van der Waals surface area contributed by atoms with E-state index in [4.69, 9.17) is 4.74 Å². The van der Waals surface area contributed by atoms with Crippen molar-refractivity contribution < 1.29 is 9.53 Å². The number of nitrogens with one attached hydrogen (secondary N) is 1. The Morgan fingerprint density at radius 1 is 1.41 bits per heavy atom. The molecule has 2 rings (SSSR count). The molecule has 98 valence electrons. The number of amides is 1. The molecule has 2 fully saturated rings. The topological polar surface area (TPSA) is 41.6 Å². The first-order valence-corrected chi connectivity index (χ1v) is 6.55. The first kappa shape index (κ1) is 12.7. The fraction of sp³-hybridized carbons (Fsp3) is 0.923. The number of ether oxygens (including phenoxy) is 1. The first-order chi connectivity index (χ1) is 7.80. The zero-order chi connectivity index (χ0) is 12.7. The zero-order valence-electron chi connectivity index (χ0n) is 11.4. The highest BCUT2D eigenvalue weighted by Gasteiger charge is 2.44. The molecule has 1 N–H and O–H groups in total. The molecule has 0 bridgehead atoms. The largest absolute Gasteiger partial charge is 0.444 e. The van der Waals surface area contributed by atoms with E-state index in [2.05, 4.69) is 12.2 Å². The minimum atomic E-state index is -0.400. The van der Waals surface area contributed by atoms with Crippen LogP contribution >= 0.6 is 0 Å². The standard InChI is InChI=1S/C13H24N2O2/c1-10-5-6-13(14-10)7-8-15(9-13)11(16)17-12(2,3)4/h10,14H,5-9H2,1-4H3. The van der Waals surface area contributed by atoms with Crippen LogP contribution in [-0.2, 0) is 4.74 Å². The van der Waals surface area contributed by atoms with Gasteiger partial charge in [0.05, 0.1) is 0 Å². The van der Waals surface area contributed by atoms with Gasteiger partial charge in [-0.15, -0.1) is 0 Å². The Hall–Kier alpha value is -0.770. The fourth-order valence-electron chi connectivity index (χ4n) is 2.84. The van der Waals surface area contributed by atoms with Crippen LogP contribution < -0.4 is 5.32 Å². The van der Waals surface area contributed by atoms with Crippen LogP contribution in [0.1, 0.15) is 47.0 Å². The van der Waals surface area contributed by atoms with Gasteiger partial charge in [0.2, 0.25) is 0 Å². The van der Waals surface area contributed by atoms with Crippen molar-refractivity contribution in [2.75, 3.05) is 13.1 Å². The van der Waals surface area contributed by atoms with E-state index < -0.39 is 5.60 Å². The van der Waals surface area contributed by atoms with E-state index in [9.17, 15) is 4.79 Å². The lowest BCUT2D eigenvalue weighted by molar-refractivity contribution is 0.0282. The number of carbonyl (C=O) groups is 1. The Morgan fingerprint density at radius 2 is 2.12 bits per heavy atom. The lowest BCUT2D eigenvalue weighted by atomic mass is 9.97. The van der Waals surface area contributed by atoms with E-state index in [-0.39, 0.29) is 11.6 Å². The second-order valence-electron chi connectivity index (χ2n) is 6.52. The molecule has 4 nitrogen and oxygen atoms in total. The molecule has 0 aliphatic carbocycles. The molecule has 0 aromatic carbocycles. The van der Waals surface area contributed by atoms with Gasteiger partial charge in [-0.2, -0.15) is 0 Å². The summed E-state index contributed by atoms with van der Waals surface area (Å²) in [4.78, 5) is 13.8. The average Bonchev–Trinajstić information content (AvgIpc) is 2.72. The number of hydrogen-bond acceptors (Lipinski definition) is 3. The van der Waals surface area contributed by atoms with Crippen LogP contribution in [0.5, 0.6) is 0 Å². The van der Waals surface area contributed by atoms with Gasteiger partial charge in [-0.05, 0) is 47.0 Å². The Kier molecular flexibility index (Phi) is 3.10. The summed E-state index contributed by atoms with van der Waals surface area (Å²) in [6.45, 7) is 9.55. The SMILES string of the molecule is CC1CCC2(CCN(C(=O)OC(C)(C)C)C2)N1. The summed E-state index contributed by atoms with van der Waals surface area (Å²) in [5, 5.41) is 3.63. The number of carbonyl (C=O) groups excluding carboxylic acids is 1. The van der Waals surface area contributed by atoms with E-state index >= 15 is 0 Å². The van der Waals surface area contributed by atoms with Crippen molar-refractivity contribution in [1.29, 1.82) is 0 Å².